The number of benzene rings is 1. The Morgan fingerprint density at radius 3 is 2.74 bits per heavy atom. The van der Waals surface area contributed by atoms with Crippen LogP contribution in [0, 0.1) is 0 Å². The molecule has 19 heavy (non-hydrogen) atoms. The van der Waals surface area contributed by atoms with Crippen molar-refractivity contribution >= 4 is 16.9 Å². The zero-order valence-electron chi connectivity index (χ0n) is 10.6. The molecule has 98 valence electrons. The Morgan fingerprint density at radius 2 is 1.95 bits per heavy atom. The van der Waals surface area contributed by atoms with Crippen LogP contribution in [0.5, 0.6) is 0 Å². The van der Waals surface area contributed by atoms with Gasteiger partial charge in [0.05, 0.1) is 17.2 Å². The molecule has 1 amide bonds. The Labute approximate surface area is 111 Å². The number of rotatable bonds is 2. The molecule has 0 aliphatic carbocycles. The molecule has 0 spiro atoms. The fraction of sp³-hybridized carbons (Fsp3) is 0.357. The van der Waals surface area contributed by atoms with E-state index in [0.717, 1.165) is 37.0 Å². The number of piperidine rings is 1. The molecule has 5 nitrogen and oxygen atoms in total. The van der Waals surface area contributed by atoms with Gasteiger partial charge in [0, 0.05) is 6.04 Å². The van der Waals surface area contributed by atoms with E-state index in [-0.39, 0.29) is 11.9 Å². The number of fused-ring (bicyclic) bond motifs is 1. The van der Waals surface area contributed by atoms with Crippen LogP contribution in [-0.4, -0.2) is 35.0 Å². The zero-order valence-corrected chi connectivity index (χ0v) is 10.6. The van der Waals surface area contributed by atoms with Gasteiger partial charge in [-0.2, -0.15) is 0 Å². The van der Waals surface area contributed by atoms with Crippen molar-refractivity contribution in [3.8, 4) is 0 Å². The molecule has 2 heterocycles. The summed E-state index contributed by atoms with van der Waals surface area (Å²) in [6, 6.07) is 7.79. The Kier molecular flexibility index (Phi) is 3.37. The van der Waals surface area contributed by atoms with Gasteiger partial charge in [0.2, 0.25) is 0 Å². The summed E-state index contributed by atoms with van der Waals surface area (Å²) < 4.78 is 0. The fourth-order valence-electron chi connectivity index (χ4n) is 2.29. The van der Waals surface area contributed by atoms with Gasteiger partial charge >= 0.3 is 0 Å². The number of para-hydroxylation sites is 2. The Morgan fingerprint density at radius 1 is 1.21 bits per heavy atom. The summed E-state index contributed by atoms with van der Waals surface area (Å²) in [6.07, 6.45) is 3.47. The van der Waals surface area contributed by atoms with Crippen LogP contribution in [0.2, 0.25) is 0 Å². The summed E-state index contributed by atoms with van der Waals surface area (Å²) in [7, 11) is 0. The number of hydrogen-bond acceptors (Lipinski definition) is 4. The van der Waals surface area contributed by atoms with Crippen molar-refractivity contribution in [2.24, 2.45) is 0 Å². The number of hydrogen-bond donors (Lipinski definition) is 2. The van der Waals surface area contributed by atoms with Crippen molar-refractivity contribution in [3.63, 3.8) is 0 Å². The number of carbonyl (C=O) groups excluding carboxylic acids is 1. The standard InChI is InChI=1S/C14H16N4O/c19-14(17-10-5-7-15-8-6-10)13-9-16-11-3-1-2-4-12(11)18-13/h1-4,9-10,15H,5-8H2,(H,17,19). The van der Waals surface area contributed by atoms with Crippen LogP contribution >= 0.6 is 0 Å². The van der Waals surface area contributed by atoms with Gasteiger partial charge in [0.1, 0.15) is 5.69 Å². The second-order valence-electron chi connectivity index (χ2n) is 4.74. The van der Waals surface area contributed by atoms with E-state index in [1.807, 2.05) is 24.3 Å². The molecule has 0 bridgehead atoms. The first kappa shape index (κ1) is 12.0. The molecule has 3 rings (SSSR count). The minimum atomic E-state index is -0.134. The first-order valence-electron chi connectivity index (χ1n) is 6.56. The number of nitrogens with one attached hydrogen (secondary N) is 2. The third-order valence-electron chi connectivity index (χ3n) is 3.36. The first-order valence-corrected chi connectivity index (χ1v) is 6.56. The van der Waals surface area contributed by atoms with E-state index in [2.05, 4.69) is 20.6 Å². The van der Waals surface area contributed by atoms with E-state index in [4.69, 9.17) is 0 Å². The molecule has 1 saturated heterocycles. The molecule has 1 aromatic heterocycles. The predicted octanol–water partition coefficient (Wildman–Crippen LogP) is 1.11. The summed E-state index contributed by atoms with van der Waals surface area (Å²) in [5.41, 5.74) is 1.94. The van der Waals surface area contributed by atoms with Crippen LogP contribution in [0.15, 0.2) is 30.5 Å². The van der Waals surface area contributed by atoms with Crippen molar-refractivity contribution in [1.82, 2.24) is 20.6 Å². The quantitative estimate of drug-likeness (QED) is 0.844. The van der Waals surface area contributed by atoms with Crippen LogP contribution < -0.4 is 10.6 Å². The smallest absolute Gasteiger partial charge is 0.271 e. The van der Waals surface area contributed by atoms with Gasteiger partial charge in [-0.05, 0) is 38.1 Å². The van der Waals surface area contributed by atoms with Crippen LogP contribution in [0.1, 0.15) is 23.3 Å². The van der Waals surface area contributed by atoms with Crippen molar-refractivity contribution in [3.05, 3.63) is 36.2 Å². The molecule has 5 heteroatoms. The van der Waals surface area contributed by atoms with E-state index < -0.39 is 0 Å². The maximum absolute atomic E-state index is 12.1. The highest BCUT2D eigenvalue weighted by molar-refractivity contribution is 5.93. The first-order chi connectivity index (χ1) is 9.33. The van der Waals surface area contributed by atoms with Gasteiger partial charge in [0.25, 0.3) is 5.91 Å². The SMILES string of the molecule is O=C(NC1CCNCC1)c1cnc2ccccc2n1. The van der Waals surface area contributed by atoms with E-state index in [9.17, 15) is 4.79 Å². The maximum Gasteiger partial charge on any atom is 0.271 e. The van der Waals surface area contributed by atoms with E-state index in [1.54, 1.807) is 6.20 Å². The Hall–Kier alpha value is -2.01. The lowest BCUT2D eigenvalue weighted by atomic mass is 10.1. The van der Waals surface area contributed by atoms with E-state index in [1.165, 1.54) is 0 Å². The largest absolute Gasteiger partial charge is 0.348 e. The van der Waals surface area contributed by atoms with Gasteiger partial charge in [-0.1, -0.05) is 12.1 Å². The normalized spacial score (nSPS) is 16.4. The summed E-state index contributed by atoms with van der Waals surface area (Å²) in [5.74, 6) is -0.134. The van der Waals surface area contributed by atoms with Gasteiger partial charge in [0.15, 0.2) is 0 Å². The molecule has 1 aliphatic rings. The molecule has 0 radical (unpaired) electrons. The van der Waals surface area contributed by atoms with E-state index >= 15 is 0 Å². The number of aromatic nitrogens is 2. The van der Waals surface area contributed by atoms with Crippen LogP contribution in [0.3, 0.4) is 0 Å². The number of nitrogens with zero attached hydrogens (tertiary/aromatic N) is 2. The zero-order chi connectivity index (χ0) is 13.1. The maximum atomic E-state index is 12.1. The molecular formula is C14H16N4O. The predicted molar refractivity (Wildman–Crippen MR) is 72.9 cm³/mol. The molecule has 0 saturated carbocycles. The average Bonchev–Trinajstić information content (AvgIpc) is 2.48. The van der Waals surface area contributed by atoms with Gasteiger partial charge < -0.3 is 10.6 Å². The Bertz CT molecular complexity index is 593. The molecule has 0 atom stereocenters. The lowest BCUT2D eigenvalue weighted by molar-refractivity contribution is 0.0924. The third kappa shape index (κ3) is 2.71. The highest BCUT2D eigenvalue weighted by atomic mass is 16.1. The third-order valence-corrected chi connectivity index (χ3v) is 3.36. The molecule has 1 fully saturated rings. The molecule has 0 unspecified atom stereocenters. The number of amides is 1. The topological polar surface area (TPSA) is 66.9 Å². The highest BCUT2D eigenvalue weighted by Gasteiger charge is 2.17. The number of carbonyl (C=O) groups is 1. The van der Waals surface area contributed by atoms with Gasteiger partial charge in [-0.25, -0.2) is 4.98 Å². The highest BCUT2D eigenvalue weighted by Crippen LogP contribution is 2.09. The lowest BCUT2D eigenvalue weighted by Gasteiger charge is -2.23. The van der Waals surface area contributed by atoms with Crippen LogP contribution in [0.4, 0.5) is 0 Å². The van der Waals surface area contributed by atoms with Gasteiger partial charge in [-0.3, -0.25) is 9.78 Å². The molecular weight excluding hydrogens is 240 g/mol. The summed E-state index contributed by atoms with van der Waals surface area (Å²) in [6.45, 7) is 1.91. The minimum absolute atomic E-state index is 0.134. The summed E-state index contributed by atoms with van der Waals surface area (Å²) in [5, 5.41) is 6.29. The van der Waals surface area contributed by atoms with E-state index in [0.29, 0.717) is 5.69 Å². The lowest BCUT2D eigenvalue weighted by Crippen LogP contribution is -2.42. The Balaban J connectivity index is 1.77. The fourth-order valence-corrected chi connectivity index (χ4v) is 2.29. The molecule has 1 aromatic carbocycles. The molecule has 1 aliphatic heterocycles. The van der Waals surface area contributed by atoms with Crippen molar-refractivity contribution in [2.45, 2.75) is 18.9 Å². The second kappa shape index (κ2) is 5.32. The van der Waals surface area contributed by atoms with Crippen molar-refractivity contribution in [2.75, 3.05) is 13.1 Å². The summed E-state index contributed by atoms with van der Waals surface area (Å²) >= 11 is 0. The van der Waals surface area contributed by atoms with Crippen molar-refractivity contribution < 1.29 is 4.79 Å². The monoisotopic (exact) mass is 256 g/mol. The van der Waals surface area contributed by atoms with Gasteiger partial charge in [-0.15, -0.1) is 0 Å². The summed E-state index contributed by atoms with van der Waals surface area (Å²) in [4.78, 5) is 20.7. The second-order valence-corrected chi connectivity index (χ2v) is 4.74. The van der Waals surface area contributed by atoms with Crippen LogP contribution in [0.25, 0.3) is 11.0 Å². The van der Waals surface area contributed by atoms with Crippen molar-refractivity contribution in [1.29, 1.82) is 0 Å². The molecule has 2 N–H and O–H groups in total. The minimum Gasteiger partial charge on any atom is -0.348 e. The van der Waals surface area contributed by atoms with Crippen LogP contribution in [-0.2, 0) is 0 Å². The average molecular weight is 256 g/mol. The molecule has 2 aromatic rings.